The standard InChI is InChI=1S/C35H33N3O4/c1-22-7-5-6-8-29(22)24-13-15-27(16-14-24)33-37-31(38-42-33)25-11-9-23(10-12-25)21-30(34(40)41)36-32(39)26-17-19-28(20-18-26)35(2,3)4/h5-20,30H,21H2,1-4H3,(H,36,39)(H,40,41)/t30-/m0/s1. The van der Waals surface area contributed by atoms with Crippen LogP contribution < -0.4 is 5.32 Å². The lowest BCUT2D eigenvalue weighted by Crippen LogP contribution is -2.42. The van der Waals surface area contributed by atoms with Crippen LogP contribution in [0.5, 0.6) is 0 Å². The molecule has 0 fully saturated rings. The number of nitrogens with one attached hydrogen (secondary N) is 1. The van der Waals surface area contributed by atoms with E-state index in [4.69, 9.17) is 4.52 Å². The molecule has 1 atom stereocenters. The third-order valence-corrected chi connectivity index (χ3v) is 7.28. The smallest absolute Gasteiger partial charge is 0.326 e. The van der Waals surface area contributed by atoms with Crippen molar-refractivity contribution in [3.8, 4) is 34.0 Å². The molecule has 0 saturated heterocycles. The molecule has 0 aliphatic heterocycles. The summed E-state index contributed by atoms with van der Waals surface area (Å²) < 4.78 is 5.53. The Morgan fingerprint density at radius 1 is 0.833 bits per heavy atom. The monoisotopic (exact) mass is 559 g/mol. The van der Waals surface area contributed by atoms with Gasteiger partial charge in [0.15, 0.2) is 0 Å². The van der Waals surface area contributed by atoms with Gasteiger partial charge in [-0.15, -0.1) is 0 Å². The summed E-state index contributed by atoms with van der Waals surface area (Å²) in [5, 5.41) is 16.6. The number of hydrogen-bond donors (Lipinski definition) is 2. The van der Waals surface area contributed by atoms with E-state index >= 15 is 0 Å². The van der Waals surface area contributed by atoms with E-state index in [1.165, 1.54) is 11.1 Å². The fraction of sp³-hybridized carbons (Fsp3) is 0.200. The molecule has 1 amide bonds. The highest BCUT2D eigenvalue weighted by molar-refractivity contribution is 5.96. The van der Waals surface area contributed by atoms with Gasteiger partial charge < -0.3 is 14.9 Å². The minimum absolute atomic E-state index is 0.0404. The summed E-state index contributed by atoms with van der Waals surface area (Å²) in [4.78, 5) is 29.3. The summed E-state index contributed by atoms with van der Waals surface area (Å²) in [6.07, 6.45) is 0.131. The van der Waals surface area contributed by atoms with Gasteiger partial charge in [-0.3, -0.25) is 4.79 Å². The minimum Gasteiger partial charge on any atom is -0.480 e. The molecule has 1 heterocycles. The van der Waals surface area contributed by atoms with E-state index in [2.05, 4.69) is 55.3 Å². The summed E-state index contributed by atoms with van der Waals surface area (Å²) in [5.74, 6) is -0.684. The third-order valence-electron chi connectivity index (χ3n) is 7.28. The van der Waals surface area contributed by atoms with Gasteiger partial charge in [0.25, 0.3) is 11.8 Å². The summed E-state index contributed by atoms with van der Waals surface area (Å²) in [5.41, 5.74) is 7.27. The van der Waals surface area contributed by atoms with E-state index in [-0.39, 0.29) is 11.8 Å². The Labute approximate surface area is 245 Å². The van der Waals surface area contributed by atoms with Crippen LogP contribution in [0, 0.1) is 6.92 Å². The number of aromatic nitrogens is 2. The molecule has 0 saturated carbocycles. The van der Waals surface area contributed by atoms with E-state index < -0.39 is 17.9 Å². The number of carboxylic acid groups (broad SMARTS) is 1. The van der Waals surface area contributed by atoms with Crippen LogP contribution in [-0.2, 0) is 16.6 Å². The van der Waals surface area contributed by atoms with Crippen LogP contribution in [0.4, 0.5) is 0 Å². The van der Waals surface area contributed by atoms with Crippen molar-refractivity contribution in [1.29, 1.82) is 0 Å². The van der Waals surface area contributed by atoms with Crippen LogP contribution in [-0.4, -0.2) is 33.2 Å². The highest BCUT2D eigenvalue weighted by atomic mass is 16.5. The number of benzene rings is 4. The number of carboxylic acids is 1. The molecule has 212 valence electrons. The normalized spacial score (nSPS) is 12.1. The van der Waals surface area contributed by atoms with Gasteiger partial charge in [-0.2, -0.15) is 4.98 Å². The Kier molecular flexibility index (Phi) is 8.02. The molecule has 5 rings (SSSR count). The van der Waals surface area contributed by atoms with Gasteiger partial charge in [-0.25, -0.2) is 4.79 Å². The number of amides is 1. The number of hydrogen-bond acceptors (Lipinski definition) is 5. The highest BCUT2D eigenvalue weighted by Crippen LogP contribution is 2.28. The first-order valence-corrected chi connectivity index (χ1v) is 13.8. The number of rotatable bonds is 8. The van der Waals surface area contributed by atoms with Gasteiger partial charge in [0.1, 0.15) is 6.04 Å². The van der Waals surface area contributed by atoms with Crippen molar-refractivity contribution >= 4 is 11.9 Å². The molecule has 7 nitrogen and oxygen atoms in total. The number of carbonyl (C=O) groups is 2. The van der Waals surface area contributed by atoms with E-state index in [1.54, 1.807) is 12.1 Å². The number of carbonyl (C=O) groups excluding carboxylic acids is 1. The lowest BCUT2D eigenvalue weighted by Gasteiger charge is -2.19. The number of aliphatic carboxylic acids is 1. The second-order valence-corrected chi connectivity index (χ2v) is 11.4. The van der Waals surface area contributed by atoms with Crippen molar-refractivity contribution in [1.82, 2.24) is 15.5 Å². The fourth-order valence-corrected chi connectivity index (χ4v) is 4.74. The van der Waals surface area contributed by atoms with Gasteiger partial charge in [0.05, 0.1) is 0 Å². The molecule has 1 aromatic heterocycles. The Hall–Kier alpha value is -5.04. The number of nitrogens with zero attached hydrogens (tertiary/aromatic N) is 2. The Bertz CT molecular complexity index is 1700. The molecule has 0 unspecified atom stereocenters. The molecule has 4 aromatic carbocycles. The zero-order valence-electron chi connectivity index (χ0n) is 24.1. The fourth-order valence-electron chi connectivity index (χ4n) is 4.74. The molecule has 5 aromatic rings. The summed E-state index contributed by atoms with van der Waals surface area (Å²) in [6, 6.07) is 29.6. The van der Waals surface area contributed by atoms with E-state index in [1.807, 2.05) is 72.8 Å². The van der Waals surface area contributed by atoms with Crippen molar-refractivity contribution in [2.24, 2.45) is 0 Å². The van der Waals surface area contributed by atoms with Crippen LogP contribution in [0.15, 0.2) is 102 Å². The lowest BCUT2D eigenvalue weighted by atomic mass is 9.86. The average molecular weight is 560 g/mol. The summed E-state index contributed by atoms with van der Waals surface area (Å²) in [7, 11) is 0. The van der Waals surface area contributed by atoms with Crippen LogP contribution in [0.25, 0.3) is 34.0 Å². The molecule has 0 bridgehead atoms. The van der Waals surface area contributed by atoms with E-state index in [0.29, 0.717) is 17.3 Å². The van der Waals surface area contributed by atoms with E-state index in [0.717, 1.165) is 27.8 Å². The van der Waals surface area contributed by atoms with E-state index in [9.17, 15) is 14.7 Å². The average Bonchev–Trinajstić information content (AvgIpc) is 3.47. The Balaban J connectivity index is 1.24. The van der Waals surface area contributed by atoms with Crippen molar-refractivity contribution in [2.45, 2.75) is 45.6 Å². The van der Waals surface area contributed by atoms with Crippen molar-refractivity contribution < 1.29 is 19.2 Å². The summed E-state index contributed by atoms with van der Waals surface area (Å²) in [6.45, 7) is 8.37. The molecular weight excluding hydrogens is 526 g/mol. The van der Waals surface area contributed by atoms with Crippen molar-refractivity contribution in [3.05, 3.63) is 119 Å². The molecule has 7 heteroatoms. The second-order valence-electron chi connectivity index (χ2n) is 11.4. The van der Waals surface area contributed by atoms with Gasteiger partial charge in [0.2, 0.25) is 5.82 Å². The first kappa shape index (κ1) is 28.5. The van der Waals surface area contributed by atoms with Crippen LogP contribution >= 0.6 is 0 Å². The topological polar surface area (TPSA) is 105 Å². The minimum atomic E-state index is -1.10. The first-order chi connectivity index (χ1) is 20.1. The molecule has 0 aliphatic rings. The predicted octanol–water partition coefficient (Wildman–Crippen LogP) is 7.10. The first-order valence-electron chi connectivity index (χ1n) is 13.8. The largest absolute Gasteiger partial charge is 0.480 e. The molecule has 2 N–H and O–H groups in total. The van der Waals surface area contributed by atoms with Crippen LogP contribution in [0.1, 0.15) is 47.8 Å². The highest BCUT2D eigenvalue weighted by Gasteiger charge is 2.22. The molecule has 0 spiro atoms. The Morgan fingerprint density at radius 2 is 1.45 bits per heavy atom. The summed E-state index contributed by atoms with van der Waals surface area (Å²) >= 11 is 0. The van der Waals surface area contributed by atoms with Gasteiger partial charge >= 0.3 is 5.97 Å². The maximum atomic E-state index is 12.8. The Morgan fingerprint density at radius 3 is 2.07 bits per heavy atom. The SMILES string of the molecule is Cc1ccccc1-c1ccc(-c2nc(-c3ccc(C[C@H](NC(=O)c4ccc(C(C)(C)C)cc4)C(=O)O)cc3)no2)cc1. The van der Waals surface area contributed by atoms with Crippen LogP contribution in [0.3, 0.4) is 0 Å². The lowest BCUT2D eigenvalue weighted by molar-refractivity contribution is -0.139. The zero-order valence-corrected chi connectivity index (χ0v) is 24.1. The molecule has 0 aliphatic carbocycles. The molecular formula is C35H33N3O4. The predicted molar refractivity (Wildman–Crippen MR) is 163 cm³/mol. The van der Waals surface area contributed by atoms with Crippen molar-refractivity contribution in [2.75, 3.05) is 0 Å². The van der Waals surface area contributed by atoms with Crippen LogP contribution in [0.2, 0.25) is 0 Å². The molecule has 42 heavy (non-hydrogen) atoms. The maximum Gasteiger partial charge on any atom is 0.326 e. The zero-order chi connectivity index (χ0) is 29.9. The van der Waals surface area contributed by atoms with Gasteiger partial charge in [-0.05, 0) is 64.4 Å². The second kappa shape index (κ2) is 11.8. The third kappa shape index (κ3) is 6.47. The van der Waals surface area contributed by atoms with Gasteiger partial charge in [-0.1, -0.05) is 98.7 Å². The number of aryl methyl sites for hydroxylation is 1. The van der Waals surface area contributed by atoms with Gasteiger partial charge in [0, 0.05) is 23.1 Å². The molecule has 0 radical (unpaired) electrons. The maximum absolute atomic E-state index is 12.8. The quantitative estimate of drug-likeness (QED) is 0.210. The van der Waals surface area contributed by atoms with Crippen molar-refractivity contribution in [3.63, 3.8) is 0 Å².